The Morgan fingerprint density at radius 2 is 2.00 bits per heavy atom. The van der Waals surface area contributed by atoms with Gasteiger partial charge in [-0.15, -0.1) is 10.2 Å². The summed E-state index contributed by atoms with van der Waals surface area (Å²) < 4.78 is 2.72. The summed E-state index contributed by atoms with van der Waals surface area (Å²) in [4.78, 5) is 0. The lowest BCUT2D eigenvalue weighted by Gasteiger charge is -2.01. The van der Waals surface area contributed by atoms with Gasteiger partial charge in [0.25, 0.3) is 0 Å². The Labute approximate surface area is 141 Å². The van der Waals surface area contributed by atoms with Crippen LogP contribution in [0, 0.1) is 0 Å². The third-order valence-electron chi connectivity index (χ3n) is 2.89. The van der Waals surface area contributed by atoms with E-state index in [1.165, 1.54) is 5.56 Å². The summed E-state index contributed by atoms with van der Waals surface area (Å²) in [6.45, 7) is 0. The second-order valence-corrected chi connectivity index (χ2v) is 6.39. The Balaban J connectivity index is 1.69. The van der Waals surface area contributed by atoms with E-state index < -0.39 is 0 Å². The van der Waals surface area contributed by atoms with Gasteiger partial charge in [0.05, 0.1) is 6.21 Å². The van der Waals surface area contributed by atoms with Gasteiger partial charge >= 0.3 is 0 Å². The zero-order valence-corrected chi connectivity index (χ0v) is 14.0. The van der Waals surface area contributed by atoms with Gasteiger partial charge in [-0.3, -0.25) is 0 Å². The average molecular weight is 373 g/mol. The molecule has 0 unspecified atom stereocenters. The number of thioether (sulfide) groups is 1. The summed E-state index contributed by atoms with van der Waals surface area (Å²) in [7, 11) is 0. The lowest BCUT2D eigenvalue weighted by molar-refractivity contribution is 0.767. The Morgan fingerprint density at radius 1 is 1.14 bits per heavy atom. The molecule has 2 aromatic carbocycles. The fourth-order valence-electron chi connectivity index (χ4n) is 1.83. The number of hydrogen-bond donors (Lipinski definition) is 0. The summed E-state index contributed by atoms with van der Waals surface area (Å²) in [5.74, 6) is 0.839. The van der Waals surface area contributed by atoms with E-state index in [0.29, 0.717) is 0 Å². The molecule has 3 aromatic rings. The van der Waals surface area contributed by atoms with Crippen LogP contribution in [-0.4, -0.2) is 21.1 Å². The molecule has 0 saturated heterocycles. The molecular weight excluding hydrogens is 360 g/mol. The van der Waals surface area contributed by atoms with E-state index in [1.54, 1.807) is 29.0 Å². The van der Waals surface area contributed by atoms with Crippen LogP contribution in [0.15, 0.2) is 75.7 Å². The maximum absolute atomic E-state index is 4.41. The molecule has 0 aliphatic carbocycles. The topological polar surface area (TPSA) is 43.1 Å². The molecule has 3 rings (SSSR count). The molecular formula is C16H13BrN4S. The quantitative estimate of drug-likeness (QED) is 0.497. The van der Waals surface area contributed by atoms with Crippen molar-refractivity contribution in [2.45, 2.75) is 10.9 Å². The minimum Gasteiger partial charge on any atom is -0.195 e. The van der Waals surface area contributed by atoms with Crippen LogP contribution in [0.1, 0.15) is 11.1 Å². The van der Waals surface area contributed by atoms with E-state index in [1.807, 2.05) is 42.5 Å². The van der Waals surface area contributed by atoms with Crippen LogP contribution in [0.2, 0.25) is 0 Å². The SMILES string of the molecule is Brc1cccc(/C=N\n2cnnc2SCc2ccccc2)c1. The molecule has 0 spiro atoms. The second kappa shape index (κ2) is 7.38. The zero-order chi connectivity index (χ0) is 15.2. The van der Waals surface area contributed by atoms with Crippen molar-refractivity contribution < 1.29 is 0 Å². The Morgan fingerprint density at radius 3 is 2.82 bits per heavy atom. The summed E-state index contributed by atoms with van der Waals surface area (Å²) in [5.41, 5.74) is 2.26. The molecule has 0 aliphatic heterocycles. The normalized spacial score (nSPS) is 11.1. The minimum atomic E-state index is 0.773. The average Bonchev–Trinajstić information content (AvgIpc) is 2.99. The first-order chi connectivity index (χ1) is 10.8. The van der Waals surface area contributed by atoms with Gasteiger partial charge in [-0.2, -0.15) is 9.78 Å². The Kier molecular flexibility index (Phi) is 5.03. The maximum Gasteiger partial charge on any atom is 0.212 e. The summed E-state index contributed by atoms with van der Waals surface area (Å²) in [6, 6.07) is 18.2. The van der Waals surface area contributed by atoms with Crippen LogP contribution in [0.4, 0.5) is 0 Å². The molecule has 0 N–H and O–H groups in total. The van der Waals surface area contributed by atoms with Gasteiger partial charge in [0.2, 0.25) is 5.16 Å². The standard InChI is InChI=1S/C16H13BrN4S/c17-15-8-4-7-14(9-15)10-19-21-12-18-20-16(21)22-11-13-5-2-1-3-6-13/h1-10,12H,11H2/b19-10-. The summed E-state index contributed by atoms with van der Waals surface area (Å²) in [6.07, 6.45) is 3.41. The first-order valence-corrected chi connectivity index (χ1v) is 8.46. The summed E-state index contributed by atoms with van der Waals surface area (Å²) in [5, 5.41) is 13.2. The largest absolute Gasteiger partial charge is 0.212 e. The van der Waals surface area contributed by atoms with Gasteiger partial charge < -0.3 is 0 Å². The van der Waals surface area contributed by atoms with E-state index in [9.17, 15) is 0 Å². The van der Waals surface area contributed by atoms with Gasteiger partial charge in [-0.05, 0) is 23.3 Å². The van der Waals surface area contributed by atoms with E-state index in [2.05, 4.69) is 43.4 Å². The molecule has 0 fully saturated rings. The van der Waals surface area contributed by atoms with E-state index >= 15 is 0 Å². The number of nitrogens with zero attached hydrogens (tertiary/aromatic N) is 4. The molecule has 110 valence electrons. The number of aromatic nitrogens is 3. The fraction of sp³-hybridized carbons (Fsp3) is 0.0625. The van der Waals surface area contributed by atoms with Crippen LogP contribution in [0.5, 0.6) is 0 Å². The molecule has 0 atom stereocenters. The molecule has 0 saturated carbocycles. The van der Waals surface area contributed by atoms with Crippen molar-refractivity contribution in [2.75, 3.05) is 0 Å². The summed E-state index contributed by atoms with van der Waals surface area (Å²) >= 11 is 5.06. The number of hydrogen-bond acceptors (Lipinski definition) is 4. The number of halogens is 1. The van der Waals surface area contributed by atoms with Crippen molar-refractivity contribution in [2.24, 2.45) is 5.10 Å². The van der Waals surface area contributed by atoms with Crippen molar-refractivity contribution >= 4 is 33.9 Å². The fourth-order valence-corrected chi connectivity index (χ4v) is 3.07. The highest BCUT2D eigenvalue weighted by atomic mass is 79.9. The zero-order valence-electron chi connectivity index (χ0n) is 11.6. The van der Waals surface area contributed by atoms with Crippen LogP contribution in [0.3, 0.4) is 0 Å². The third-order valence-corrected chi connectivity index (χ3v) is 4.39. The molecule has 0 amide bonds. The highest BCUT2D eigenvalue weighted by Gasteiger charge is 2.04. The van der Waals surface area contributed by atoms with Crippen LogP contribution < -0.4 is 0 Å². The van der Waals surface area contributed by atoms with Gasteiger partial charge in [-0.25, -0.2) is 0 Å². The molecule has 0 bridgehead atoms. The Bertz CT molecular complexity index is 771. The molecule has 22 heavy (non-hydrogen) atoms. The highest BCUT2D eigenvalue weighted by Crippen LogP contribution is 2.20. The lowest BCUT2D eigenvalue weighted by atomic mass is 10.2. The predicted molar refractivity (Wildman–Crippen MR) is 93.2 cm³/mol. The van der Waals surface area contributed by atoms with E-state index in [4.69, 9.17) is 0 Å². The van der Waals surface area contributed by atoms with Crippen molar-refractivity contribution in [3.8, 4) is 0 Å². The minimum absolute atomic E-state index is 0.773. The van der Waals surface area contributed by atoms with Crippen molar-refractivity contribution in [3.63, 3.8) is 0 Å². The third kappa shape index (κ3) is 4.05. The predicted octanol–water partition coefficient (Wildman–Crippen LogP) is 4.22. The van der Waals surface area contributed by atoms with Crippen molar-refractivity contribution in [1.82, 2.24) is 14.9 Å². The van der Waals surface area contributed by atoms with Gasteiger partial charge in [0, 0.05) is 10.2 Å². The van der Waals surface area contributed by atoms with Gasteiger partial charge in [0.15, 0.2) is 0 Å². The molecule has 6 heteroatoms. The van der Waals surface area contributed by atoms with E-state index in [0.717, 1.165) is 20.9 Å². The van der Waals surface area contributed by atoms with Crippen LogP contribution in [-0.2, 0) is 5.75 Å². The van der Waals surface area contributed by atoms with E-state index in [-0.39, 0.29) is 0 Å². The molecule has 1 aromatic heterocycles. The van der Waals surface area contributed by atoms with Gasteiger partial charge in [0.1, 0.15) is 6.33 Å². The second-order valence-electron chi connectivity index (χ2n) is 4.53. The van der Waals surface area contributed by atoms with Gasteiger partial charge in [-0.1, -0.05) is 70.2 Å². The molecule has 0 aliphatic rings. The number of benzene rings is 2. The van der Waals surface area contributed by atoms with Crippen molar-refractivity contribution in [3.05, 3.63) is 76.5 Å². The number of rotatable bonds is 5. The van der Waals surface area contributed by atoms with Crippen LogP contribution in [0.25, 0.3) is 0 Å². The smallest absolute Gasteiger partial charge is 0.195 e. The lowest BCUT2D eigenvalue weighted by Crippen LogP contribution is -1.92. The molecule has 4 nitrogen and oxygen atoms in total. The molecule has 0 radical (unpaired) electrons. The monoisotopic (exact) mass is 372 g/mol. The van der Waals surface area contributed by atoms with Crippen molar-refractivity contribution in [1.29, 1.82) is 0 Å². The van der Waals surface area contributed by atoms with Crippen LogP contribution >= 0.6 is 27.7 Å². The maximum atomic E-state index is 4.41. The highest BCUT2D eigenvalue weighted by molar-refractivity contribution is 9.10. The first kappa shape index (κ1) is 15.0. The molecule has 1 heterocycles. The Hall–Kier alpha value is -1.92. The first-order valence-electron chi connectivity index (χ1n) is 6.68.